The summed E-state index contributed by atoms with van der Waals surface area (Å²) in [5.74, 6) is 1.00. The van der Waals surface area contributed by atoms with Gasteiger partial charge >= 0.3 is 0 Å². The zero-order valence-corrected chi connectivity index (χ0v) is 12.6. The zero-order valence-electron chi connectivity index (χ0n) is 12.6. The van der Waals surface area contributed by atoms with Crippen LogP contribution in [0, 0.1) is 5.92 Å². The van der Waals surface area contributed by atoms with Crippen molar-refractivity contribution >= 4 is 0 Å². The molecule has 1 aliphatic carbocycles. The summed E-state index contributed by atoms with van der Waals surface area (Å²) in [6, 6.07) is 1.67. The van der Waals surface area contributed by atoms with E-state index in [1.54, 1.807) is 0 Å². The van der Waals surface area contributed by atoms with Crippen molar-refractivity contribution in [1.29, 1.82) is 0 Å². The van der Waals surface area contributed by atoms with Gasteiger partial charge in [0.15, 0.2) is 0 Å². The van der Waals surface area contributed by atoms with E-state index in [0.29, 0.717) is 0 Å². The SMILES string of the molecule is CCCN1CCC(N2CCCNC(C3CC3)C2)CC1. The lowest BCUT2D eigenvalue weighted by atomic mass is 10.0. The average Bonchev–Trinajstić information content (AvgIpc) is 3.26. The topological polar surface area (TPSA) is 18.5 Å². The molecule has 0 spiro atoms. The molecule has 0 bridgehead atoms. The molecule has 0 aromatic heterocycles. The maximum Gasteiger partial charge on any atom is 0.0223 e. The standard InChI is InChI=1S/C16H31N3/c1-2-9-18-11-6-15(7-12-18)19-10-3-8-17-16(13-19)14-4-5-14/h14-17H,2-13H2,1H3. The molecule has 3 aliphatic rings. The van der Waals surface area contributed by atoms with Crippen LogP contribution < -0.4 is 5.32 Å². The minimum Gasteiger partial charge on any atom is -0.312 e. The number of rotatable bonds is 4. The highest BCUT2D eigenvalue weighted by molar-refractivity contribution is 4.92. The molecule has 1 atom stereocenters. The van der Waals surface area contributed by atoms with Crippen LogP contribution in [0.1, 0.15) is 45.4 Å². The first kappa shape index (κ1) is 13.8. The maximum absolute atomic E-state index is 3.79. The Hall–Kier alpha value is -0.120. The summed E-state index contributed by atoms with van der Waals surface area (Å²) in [5, 5.41) is 3.79. The van der Waals surface area contributed by atoms with Gasteiger partial charge in [0.05, 0.1) is 0 Å². The molecule has 1 saturated carbocycles. The van der Waals surface area contributed by atoms with E-state index in [1.165, 1.54) is 77.8 Å². The van der Waals surface area contributed by atoms with Crippen LogP contribution in [0.4, 0.5) is 0 Å². The number of nitrogens with zero attached hydrogens (tertiary/aromatic N) is 2. The lowest BCUT2D eigenvalue weighted by Gasteiger charge is -2.39. The van der Waals surface area contributed by atoms with Gasteiger partial charge < -0.3 is 10.2 Å². The van der Waals surface area contributed by atoms with Gasteiger partial charge in [0.25, 0.3) is 0 Å². The Bertz CT molecular complexity index is 269. The molecule has 2 heterocycles. The maximum atomic E-state index is 3.79. The molecule has 19 heavy (non-hydrogen) atoms. The van der Waals surface area contributed by atoms with E-state index in [0.717, 1.165) is 18.0 Å². The molecule has 2 aliphatic heterocycles. The summed E-state index contributed by atoms with van der Waals surface area (Å²) in [5.41, 5.74) is 0. The van der Waals surface area contributed by atoms with E-state index in [9.17, 15) is 0 Å². The van der Waals surface area contributed by atoms with E-state index >= 15 is 0 Å². The Morgan fingerprint density at radius 1 is 1.05 bits per heavy atom. The summed E-state index contributed by atoms with van der Waals surface area (Å²) < 4.78 is 0. The molecule has 110 valence electrons. The van der Waals surface area contributed by atoms with Gasteiger partial charge in [-0.15, -0.1) is 0 Å². The van der Waals surface area contributed by atoms with Crippen molar-refractivity contribution in [2.75, 3.05) is 39.3 Å². The van der Waals surface area contributed by atoms with Crippen molar-refractivity contribution in [3.8, 4) is 0 Å². The summed E-state index contributed by atoms with van der Waals surface area (Å²) in [6.07, 6.45) is 8.40. The fourth-order valence-electron chi connectivity index (χ4n) is 3.95. The molecule has 3 fully saturated rings. The van der Waals surface area contributed by atoms with Crippen LogP contribution >= 0.6 is 0 Å². The van der Waals surface area contributed by atoms with Crippen LogP contribution in [0.15, 0.2) is 0 Å². The van der Waals surface area contributed by atoms with Crippen molar-refractivity contribution in [1.82, 2.24) is 15.1 Å². The van der Waals surface area contributed by atoms with E-state index < -0.39 is 0 Å². The third-order valence-electron chi connectivity index (χ3n) is 5.26. The van der Waals surface area contributed by atoms with Gasteiger partial charge in [0.1, 0.15) is 0 Å². The average molecular weight is 265 g/mol. The van der Waals surface area contributed by atoms with Gasteiger partial charge in [-0.3, -0.25) is 4.90 Å². The van der Waals surface area contributed by atoms with E-state index in [2.05, 4.69) is 22.0 Å². The van der Waals surface area contributed by atoms with Crippen LogP contribution in [-0.4, -0.2) is 61.2 Å². The van der Waals surface area contributed by atoms with E-state index in [4.69, 9.17) is 0 Å². The third kappa shape index (κ3) is 3.71. The molecular weight excluding hydrogens is 234 g/mol. The molecule has 0 aromatic carbocycles. The van der Waals surface area contributed by atoms with Gasteiger partial charge in [0.2, 0.25) is 0 Å². The molecule has 0 amide bonds. The van der Waals surface area contributed by atoms with E-state index in [1.807, 2.05) is 0 Å². The van der Waals surface area contributed by atoms with Crippen molar-refractivity contribution in [2.24, 2.45) is 5.92 Å². The highest BCUT2D eigenvalue weighted by atomic mass is 15.2. The molecular formula is C16H31N3. The minimum absolute atomic E-state index is 0.802. The first-order valence-corrected chi connectivity index (χ1v) is 8.56. The Balaban J connectivity index is 1.50. The van der Waals surface area contributed by atoms with Crippen LogP contribution in [0.2, 0.25) is 0 Å². The highest BCUT2D eigenvalue weighted by Crippen LogP contribution is 2.34. The zero-order chi connectivity index (χ0) is 13.1. The van der Waals surface area contributed by atoms with Crippen molar-refractivity contribution in [2.45, 2.75) is 57.5 Å². The predicted molar refractivity (Wildman–Crippen MR) is 80.5 cm³/mol. The summed E-state index contributed by atoms with van der Waals surface area (Å²) in [7, 11) is 0. The Kier molecular flexibility index (Phi) is 4.78. The monoisotopic (exact) mass is 265 g/mol. The smallest absolute Gasteiger partial charge is 0.0223 e. The second kappa shape index (κ2) is 6.55. The normalized spacial score (nSPS) is 32.4. The highest BCUT2D eigenvalue weighted by Gasteiger charge is 2.35. The number of hydrogen-bond acceptors (Lipinski definition) is 3. The first-order chi connectivity index (χ1) is 9.36. The van der Waals surface area contributed by atoms with Gasteiger partial charge in [-0.2, -0.15) is 0 Å². The molecule has 3 nitrogen and oxygen atoms in total. The lowest BCUT2D eigenvalue weighted by Crippen LogP contribution is -2.48. The second-order valence-corrected chi connectivity index (χ2v) is 6.82. The largest absolute Gasteiger partial charge is 0.312 e. The number of likely N-dealkylation sites (tertiary alicyclic amines) is 1. The summed E-state index contributed by atoms with van der Waals surface area (Å²) in [6.45, 7) is 10.2. The quantitative estimate of drug-likeness (QED) is 0.838. The van der Waals surface area contributed by atoms with Crippen LogP contribution in [0.3, 0.4) is 0 Å². The number of piperidine rings is 1. The Morgan fingerprint density at radius 3 is 2.53 bits per heavy atom. The fourth-order valence-corrected chi connectivity index (χ4v) is 3.95. The molecule has 0 aromatic rings. The minimum atomic E-state index is 0.802. The molecule has 3 rings (SSSR count). The van der Waals surface area contributed by atoms with E-state index in [-0.39, 0.29) is 0 Å². The molecule has 0 radical (unpaired) electrons. The molecule has 1 unspecified atom stereocenters. The van der Waals surface area contributed by atoms with Crippen molar-refractivity contribution < 1.29 is 0 Å². The Labute approximate surface area is 118 Å². The summed E-state index contributed by atoms with van der Waals surface area (Å²) >= 11 is 0. The number of hydrogen-bond donors (Lipinski definition) is 1. The molecule has 1 N–H and O–H groups in total. The van der Waals surface area contributed by atoms with Crippen LogP contribution in [0.25, 0.3) is 0 Å². The van der Waals surface area contributed by atoms with Crippen molar-refractivity contribution in [3.63, 3.8) is 0 Å². The van der Waals surface area contributed by atoms with Gasteiger partial charge in [-0.25, -0.2) is 0 Å². The first-order valence-electron chi connectivity index (χ1n) is 8.56. The lowest BCUT2D eigenvalue weighted by molar-refractivity contribution is 0.105. The molecule has 2 saturated heterocycles. The van der Waals surface area contributed by atoms with Crippen LogP contribution in [0.5, 0.6) is 0 Å². The van der Waals surface area contributed by atoms with Gasteiger partial charge in [-0.1, -0.05) is 6.92 Å². The van der Waals surface area contributed by atoms with Crippen molar-refractivity contribution in [3.05, 3.63) is 0 Å². The summed E-state index contributed by atoms with van der Waals surface area (Å²) in [4.78, 5) is 5.48. The fraction of sp³-hybridized carbons (Fsp3) is 1.00. The molecule has 3 heteroatoms. The van der Waals surface area contributed by atoms with Crippen LogP contribution in [-0.2, 0) is 0 Å². The van der Waals surface area contributed by atoms with Gasteiger partial charge in [-0.05, 0) is 77.2 Å². The Morgan fingerprint density at radius 2 is 1.84 bits per heavy atom. The van der Waals surface area contributed by atoms with Gasteiger partial charge in [0, 0.05) is 18.6 Å². The number of nitrogens with one attached hydrogen (secondary N) is 1. The second-order valence-electron chi connectivity index (χ2n) is 6.82. The predicted octanol–water partition coefficient (Wildman–Crippen LogP) is 1.93. The third-order valence-corrected chi connectivity index (χ3v) is 5.26.